The van der Waals surface area contributed by atoms with Crippen molar-refractivity contribution >= 4 is 19.8 Å². The van der Waals surface area contributed by atoms with E-state index in [1.54, 1.807) is 0 Å². The van der Waals surface area contributed by atoms with E-state index in [4.69, 9.17) is 18.5 Å². The first-order valence-electron chi connectivity index (χ1n) is 24.3. The molecule has 6 unspecified atom stereocenters. The average molecular weight is 881 g/mol. The number of carbonyl (C=O) groups excluding carboxylic acids is 2. The van der Waals surface area contributed by atoms with Crippen LogP contribution < -0.4 is 0 Å². The summed E-state index contributed by atoms with van der Waals surface area (Å²) in [5, 5.41) is 50.1. The Balaban J connectivity index is 2.38. The predicted molar refractivity (Wildman–Crippen MR) is 235 cm³/mol. The van der Waals surface area contributed by atoms with Gasteiger partial charge in [-0.2, -0.15) is 0 Å². The second kappa shape index (κ2) is 37.2. The van der Waals surface area contributed by atoms with E-state index in [-0.39, 0.29) is 12.8 Å². The summed E-state index contributed by atoms with van der Waals surface area (Å²) in [5.74, 6) is -1.08. The first kappa shape index (κ1) is 56.9. The Morgan fingerprint density at radius 3 is 1.10 bits per heavy atom. The highest BCUT2D eigenvalue weighted by Crippen LogP contribution is 2.47. The number of aliphatic hydroxyl groups is 5. The largest absolute Gasteiger partial charge is 0.472 e. The minimum absolute atomic E-state index is 0.105. The SMILES string of the molecule is CCCCCCCCCCCCCCCCCCCCCCC(=O)O[C@H](COC(=O)CCCCCCCCCCCCC)COP(=O)(O)OC1C(O)C(O)C(O)[C@@H](O)C1O. The Bertz CT molecular complexity index is 1060. The van der Waals surface area contributed by atoms with Crippen LogP contribution in [-0.2, 0) is 32.7 Å². The molecule has 1 fully saturated rings. The third-order valence-electron chi connectivity index (χ3n) is 11.7. The highest BCUT2D eigenvalue weighted by atomic mass is 31.2. The number of aliphatic hydroxyl groups excluding tert-OH is 5. The van der Waals surface area contributed by atoms with Crippen LogP contribution in [0.4, 0.5) is 0 Å². The summed E-state index contributed by atoms with van der Waals surface area (Å²) in [6.45, 7) is 3.32. The molecule has 0 aromatic rings. The minimum atomic E-state index is -5.11. The number of phosphoric acid groups is 1. The van der Waals surface area contributed by atoms with Gasteiger partial charge in [-0.3, -0.25) is 18.6 Å². The van der Waals surface area contributed by atoms with Crippen LogP contribution in [0.15, 0.2) is 0 Å². The van der Waals surface area contributed by atoms with Crippen molar-refractivity contribution < 1.29 is 63.1 Å². The van der Waals surface area contributed by atoms with Crippen LogP contribution in [0.3, 0.4) is 0 Å². The van der Waals surface area contributed by atoms with Crippen molar-refractivity contribution in [2.24, 2.45) is 0 Å². The molecule has 1 aliphatic carbocycles. The fourth-order valence-electron chi connectivity index (χ4n) is 7.76. The number of hydrogen-bond donors (Lipinski definition) is 6. The Hall–Kier alpha value is -1.15. The van der Waals surface area contributed by atoms with E-state index in [2.05, 4.69) is 13.8 Å². The molecule has 14 heteroatoms. The van der Waals surface area contributed by atoms with Gasteiger partial charge in [0.05, 0.1) is 6.61 Å². The van der Waals surface area contributed by atoms with E-state index in [1.807, 2.05) is 0 Å². The maximum Gasteiger partial charge on any atom is 0.472 e. The molecule has 0 amide bonds. The predicted octanol–water partition coefficient (Wildman–Crippen LogP) is 9.67. The van der Waals surface area contributed by atoms with Gasteiger partial charge in [-0.1, -0.05) is 200 Å². The van der Waals surface area contributed by atoms with Crippen LogP contribution in [0.2, 0.25) is 0 Å². The van der Waals surface area contributed by atoms with Crippen LogP contribution in [0.5, 0.6) is 0 Å². The number of ether oxygens (including phenoxy) is 2. The average Bonchev–Trinajstić information content (AvgIpc) is 3.23. The topological polar surface area (TPSA) is 210 Å². The highest BCUT2D eigenvalue weighted by Gasteiger charge is 2.51. The summed E-state index contributed by atoms with van der Waals surface area (Å²) in [6, 6.07) is 0. The van der Waals surface area contributed by atoms with E-state index in [0.717, 1.165) is 38.5 Å². The van der Waals surface area contributed by atoms with Gasteiger partial charge in [-0.25, -0.2) is 4.57 Å². The third-order valence-corrected chi connectivity index (χ3v) is 12.7. The van der Waals surface area contributed by atoms with Crippen molar-refractivity contribution in [1.29, 1.82) is 0 Å². The molecule has 60 heavy (non-hydrogen) atoms. The summed E-state index contributed by atoms with van der Waals surface area (Å²) in [7, 11) is -5.11. The van der Waals surface area contributed by atoms with Crippen LogP contribution in [-0.4, -0.2) is 98.3 Å². The fourth-order valence-corrected chi connectivity index (χ4v) is 8.73. The quantitative estimate of drug-likeness (QED) is 0.0192. The van der Waals surface area contributed by atoms with Crippen molar-refractivity contribution in [2.75, 3.05) is 13.2 Å². The Kier molecular flexibility index (Phi) is 35.3. The normalized spacial score (nSPS) is 22.1. The lowest BCUT2D eigenvalue weighted by molar-refractivity contribution is -0.220. The van der Waals surface area contributed by atoms with Gasteiger partial charge in [0.2, 0.25) is 0 Å². The van der Waals surface area contributed by atoms with Gasteiger partial charge in [0.25, 0.3) is 0 Å². The molecule has 0 spiro atoms. The van der Waals surface area contributed by atoms with Crippen LogP contribution >= 0.6 is 7.82 Å². The van der Waals surface area contributed by atoms with Crippen LogP contribution in [0.1, 0.15) is 226 Å². The molecule has 6 N–H and O–H groups in total. The van der Waals surface area contributed by atoms with Crippen molar-refractivity contribution in [3.63, 3.8) is 0 Å². The molecule has 0 aromatic heterocycles. The van der Waals surface area contributed by atoms with Crippen molar-refractivity contribution in [1.82, 2.24) is 0 Å². The van der Waals surface area contributed by atoms with Gasteiger partial charge < -0.3 is 39.9 Å². The first-order valence-corrected chi connectivity index (χ1v) is 25.8. The molecular weight excluding hydrogens is 791 g/mol. The van der Waals surface area contributed by atoms with Crippen molar-refractivity contribution in [3.8, 4) is 0 Å². The van der Waals surface area contributed by atoms with E-state index in [9.17, 15) is 44.6 Å². The summed E-state index contributed by atoms with van der Waals surface area (Å²) in [4.78, 5) is 35.7. The van der Waals surface area contributed by atoms with E-state index in [0.29, 0.717) is 12.8 Å². The second-order valence-corrected chi connectivity index (χ2v) is 18.7. The number of carbonyl (C=O) groups is 2. The van der Waals surface area contributed by atoms with Gasteiger partial charge in [0, 0.05) is 12.8 Å². The van der Waals surface area contributed by atoms with Gasteiger partial charge >= 0.3 is 19.8 Å². The molecule has 0 radical (unpaired) electrons. The standard InChI is InChI=1S/C46H89O13P/c1-3-5-7-9-11-13-15-16-17-18-19-20-21-22-23-25-27-29-31-33-35-40(48)58-38(36-56-39(47)34-32-30-28-26-24-14-12-10-8-6-4-2)37-57-60(54,55)59-46-44(52)42(50)41(49)43(51)45(46)53/h38,41-46,49-53H,3-37H2,1-2H3,(H,54,55)/t38-,41?,42-,43?,44?,45?,46?/m1/s1. The molecule has 0 aromatic carbocycles. The Labute approximate surface area is 363 Å². The van der Waals surface area contributed by atoms with Gasteiger partial charge in [0.1, 0.15) is 43.2 Å². The number of phosphoric ester groups is 1. The fraction of sp³-hybridized carbons (Fsp3) is 0.957. The molecule has 0 saturated heterocycles. The Morgan fingerprint density at radius 2 is 0.750 bits per heavy atom. The molecule has 1 saturated carbocycles. The zero-order valence-corrected chi connectivity index (χ0v) is 38.7. The van der Waals surface area contributed by atoms with Gasteiger partial charge in [-0.15, -0.1) is 0 Å². The summed E-state index contributed by atoms with van der Waals surface area (Å²) in [6.07, 6.45) is 24.5. The van der Waals surface area contributed by atoms with E-state index in [1.165, 1.54) is 148 Å². The minimum Gasteiger partial charge on any atom is -0.462 e. The maximum absolute atomic E-state index is 12.8. The third kappa shape index (κ3) is 29.3. The van der Waals surface area contributed by atoms with Crippen molar-refractivity contribution in [2.45, 2.75) is 268 Å². The lowest BCUT2D eigenvalue weighted by atomic mass is 9.85. The second-order valence-electron chi connectivity index (χ2n) is 17.3. The van der Waals surface area contributed by atoms with E-state index < -0.39 is 75.7 Å². The van der Waals surface area contributed by atoms with Crippen LogP contribution in [0.25, 0.3) is 0 Å². The molecule has 0 aliphatic heterocycles. The summed E-state index contributed by atoms with van der Waals surface area (Å²) in [5.41, 5.74) is 0. The summed E-state index contributed by atoms with van der Waals surface area (Å²) < 4.78 is 33.5. The summed E-state index contributed by atoms with van der Waals surface area (Å²) >= 11 is 0. The molecule has 0 bridgehead atoms. The monoisotopic (exact) mass is 881 g/mol. The number of rotatable bonds is 41. The molecule has 8 atom stereocenters. The molecule has 0 heterocycles. The van der Waals surface area contributed by atoms with Gasteiger partial charge in [-0.05, 0) is 12.8 Å². The number of unbranched alkanes of at least 4 members (excludes halogenated alkanes) is 29. The first-order chi connectivity index (χ1) is 28.9. The molecule has 13 nitrogen and oxygen atoms in total. The molecule has 1 rings (SSSR count). The maximum atomic E-state index is 12.8. The highest BCUT2D eigenvalue weighted by molar-refractivity contribution is 7.47. The molecule has 1 aliphatic rings. The molecular formula is C46H89O13P. The van der Waals surface area contributed by atoms with Crippen LogP contribution in [0, 0.1) is 0 Å². The lowest BCUT2D eigenvalue weighted by Crippen LogP contribution is -2.64. The lowest BCUT2D eigenvalue weighted by Gasteiger charge is -2.41. The smallest absolute Gasteiger partial charge is 0.462 e. The molecule has 356 valence electrons. The van der Waals surface area contributed by atoms with E-state index >= 15 is 0 Å². The van der Waals surface area contributed by atoms with Crippen molar-refractivity contribution in [3.05, 3.63) is 0 Å². The van der Waals surface area contributed by atoms with Gasteiger partial charge in [0.15, 0.2) is 6.10 Å². The Morgan fingerprint density at radius 1 is 0.450 bits per heavy atom. The zero-order valence-electron chi connectivity index (χ0n) is 37.8. The number of esters is 2. The zero-order chi connectivity index (χ0) is 44.3. The number of hydrogen-bond acceptors (Lipinski definition) is 12.